The molecule has 0 radical (unpaired) electrons. The van der Waals surface area contributed by atoms with Gasteiger partial charge >= 0.3 is 0 Å². The van der Waals surface area contributed by atoms with Crippen molar-refractivity contribution in [2.24, 2.45) is 0 Å². The molecule has 1 aliphatic carbocycles. The number of fused-ring (bicyclic) bond motifs is 6. The van der Waals surface area contributed by atoms with Gasteiger partial charge in [-0.3, -0.25) is 0 Å². The Bertz CT molecular complexity index is 2820. The summed E-state index contributed by atoms with van der Waals surface area (Å²) in [6.45, 7) is 4.55. The zero-order valence-corrected chi connectivity index (χ0v) is 29.7. The van der Waals surface area contributed by atoms with Crippen LogP contribution in [0.25, 0.3) is 87.2 Å². The topological polar surface area (TPSA) is 38.7 Å². The third-order valence-corrected chi connectivity index (χ3v) is 11.9. The molecule has 1 aliphatic rings. The number of benzene rings is 7. The molecule has 0 atom stereocenters. The van der Waals surface area contributed by atoms with E-state index in [0.717, 1.165) is 51.2 Å². The van der Waals surface area contributed by atoms with Crippen molar-refractivity contribution < 1.29 is 0 Å². The van der Waals surface area contributed by atoms with Crippen LogP contribution < -0.4 is 0 Å². The van der Waals surface area contributed by atoms with Crippen LogP contribution in [0.1, 0.15) is 22.3 Å². The van der Waals surface area contributed by atoms with Gasteiger partial charge in [-0.05, 0) is 93.2 Å². The first-order valence-corrected chi connectivity index (χ1v) is 18.6. The minimum absolute atomic E-state index is 0.822. The fourth-order valence-corrected chi connectivity index (χ4v) is 9.52. The molecule has 52 heavy (non-hydrogen) atoms. The standard InChI is InChI=1S/C48H33N3S/c1-29-30(2)42(38-28-34-22-12-13-23-35(34)43(38)41(29)32-18-8-4-9-19-32)48-46(47(49-51-50-48)33-20-10-5-11-21-33)45-36(31-16-6-3-7-17-31)26-27-40-44(45)37-24-14-15-25-39(37)52-40/h3-27H,28H2,1-2H3. The Morgan fingerprint density at radius 3 is 1.83 bits per heavy atom. The summed E-state index contributed by atoms with van der Waals surface area (Å²) in [7, 11) is 0. The Labute approximate surface area is 306 Å². The number of aromatic nitrogens is 3. The van der Waals surface area contributed by atoms with Crippen molar-refractivity contribution in [2.75, 3.05) is 0 Å². The van der Waals surface area contributed by atoms with Gasteiger partial charge in [0.05, 0.1) is 0 Å². The van der Waals surface area contributed by atoms with Gasteiger partial charge in [-0.15, -0.1) is 21.5 Å². The number of nitrogens with zero attached hydrogens (tertiary/aromatic N) is 3. The van der Waals surface area contributed by atoms with E-state index >= 15 is 0 Å². The fourth-order valence-electron chi connectivity index (χ4n) is 8.40. The number of thiophene rings is 1. The van der Waals surface area contributed by atoms with Crippen molar-refractivity contribution in [1.29, 1.82) is 0 Å². The summed E-state index contributed by atoms with van der Waals surface area (Å²) in [5.41, 5.74) is 18.6. The van der Waals surface area contributed by atoms with Crippen LogP contribution in [0.3, 0.4) is 0 Å². The second-order valence-electron chi connectivity index (χ2n) is 13.6. The van der Waals surface area contributed by atoms with E-state index in [0.29, 0.717) is 0 Å². The molecule has 4 heteroatoms. The fraction of sp³-hybridized carbons (Fsp3) is 0.0625. The monoisotopic (exact) mass is 683 g/mol. The second kappa shape index (κ2) is 12.2. The van der Waals surface area contributed by atoms with E-state index in [1.165, 1.54) is 64.7 Å². The van der Waals surface area contributed by atoms with Crippen LogP contribution in [0.5, 0.6) is 0 Å². The molecule has 0 aliphatic heterocycles. The van der Waals surface area contributed by atoms with E-state index in [1.54, 1.807) is 0 Å². The zero-order valence-electron chi connectivity index (χ0n) is 28.9. The molecule has 0 N–H and O–H groups in total. The van der Waals surface area contributed by atoms with Gasteiger partial charge in [0.1, 0.15) is 11.4 Å². The van der Waals surface area contributed by atoms with Gasteiger partial charge in [0.15, 0.2) is 0 Å². The quantitative estimate of drug-likeness (QED) is 0.181. The summed E-state index contributed by atoms with van der Waals surface area (Å²) in [4.78, 5) is 0. The number of rotatable bonds is 5. The SMILES string of the molecule is Cc1c(C)c(-c2ccccc2)c2c(c1-c1nnnc(-c3ccccc3)c1-c1c(-c3ccccc3)ccc3sc4ccccc4c13)Cc1ccccc1-2. The highest BCUT2D eigenvalue weighted by atomic mass is 32.1. The summed E-state index contributed by atoms with van der Waals surface area (Å²) < 4.78 is 2.50. The summed E-state index contributed by atoms with van der Waals surface area (Å²) in [6, 6.07) is 54.3. The average Bonchev–Trinajstić information content (AvgIpc) is 3.78. The lowest BCUT2D eigenvalue weighted by molar-refractivity contribution is 0.877. The van der Waals surface area contributed by atoms with Crippen molar-refractivity contribution in [3.8, 4) is 67.0 Å². The molecule has 0 amide bonds. The van der Waals surface area contributed by atoms with Crippen LogP contribution in [0.2, 0.25) is 0 Å². The lowest BCUT2D eigenvalue weighted by Crippen LogP contribution is -2.06. The first-order valence-electron chi connectivity index (χ1n) is 17.8. The zero-order chi connectivity index (χ0) is 34.8. The van der Waals surface area contributed by atoms with Crippen molar-refractivity contribution >= 4 is 31.5 Å². The predicted molar refractivity (Wildman–Crippen MR) is 218 cm³/mol. The Hall–Kier alpha value is -6.23. The van der Waals surface area contributed by atoms with Gasteiger partial charge in [-0.25, -0.2) is 0 Å². The summed E-state index contributed by atoms with van der Waals surface area (Å²) >= 11 is 1.84. The number of hydrogen-bond donors (Lipinski definition) is 0. The third-order valence-electron chi connectivity index (χ3n) is 10.8. The Morgan fingerprint density at radius 2 is 1.06 bits per heavy atom. The molecule has 0 bridgehead atoms. The Morgan fingerprint density at radius 1 is 0.442 bits per heavy atom. The lowest BCUT2D eigenvalue weighted by atomic mass is 9.80. The molecule has 10 rings (SSSR count). The molecular weight excluding hydrogens is 651 g/mol. The normalized spacial score (nSPS) is 12.0. The molecule has 0 spiro atoms. The van der Waals surface area contributed by atoms with Gasteiger partial charge in [0.2, 0.25) is 0 Å². The van der Waals surface area contributed by atoms with E-state index in [1.807, 2.05) is 11.3 Å². The molecule has 0 fully saturated rings. The van der Waals surface area contributed by atoms with Crippen LogP contribution in [-0.2, 0) is 6.42 Å². The summed E-state index contributed by atoms with van der Waals surface area (Å²) in [6.07, 6.45) is 0.822. The van der Waals surface area contributed by atoms with E-state index in [9.17, 15) is 0 Å². The highest BCUT2D eigenvalue weighted by molar-refractivity contribution is 7.26. The van der Waals surface area contributed by atoms with Crippen LogP contribution in [0.4, 0.5) is 0 Å². The lowest BCUT2D eigenvalue weighted by Gasteiger charge is -2.24. The molecule has 7 aromatic carbocycles. The Balaban J connectivity index is 1.40. The minimum atomic E-state index is 0.822. The maximum Gasteiger partial charge on any atom is 0.105 e. The number of hydrogen-bond acceptors (Lipinski definition) is 4. The molecule has 0 saturated heterocycles. The molecule has 2 heterocycles. The Kier molecular flexibility index (Phi) is 7.19. The van der Waals surface area contributed by atoms with Crippen LogP contribution >= 0.6 is 11.3 Å². The second-order valence-corrected chi connectivity index (χ2v) is 14.7. The molecule has 2 aromatic heterocycles. The van der Waals surface area contributed by atoms with Crippen LogP contribution in [0.15, 0.2) is 152 Å². The van der Waals surface area contributed by atoms with Crippen molar-refractivity contribution in [2.45, 2.75) is 20.3 Å². The van der Waals surface area contributed by atoms with Crippen molar-refractivity contribution in [3.63, 3.8) is 0 Å². The third kappa shape index (κ3) is 4.68. The van der Waals surface area contributed by atoms with Gasteiger partial charge < -0.3 is 0 Å². The van der Waals surface area contributed by atoms with Crippen LogP contribution in [-0.4, -0.2) is 15.4 Å². The molecule has 0 unspecified atom stereocenters. The predicted octanol–water partition coefficient (Wildman–Crippen LogP) is 12.8. The van der Waals surface area contributed by atoms with Gasteiger partial charge in [0.25, 0.3) is 0 Å². The largest absolute Gasteiger partial charge is 0.135 e. The van der Waals surface area contributed by atoms with Gasteiger partial charge in [-0.2, -0.15) is 0 Å². The summed E-state index contributed by atoms with van der Waals surface area (Å²) in [5, 5.41) is 17.1. The van der Waals surface area contributed by atoms with Crippen LogP contribution in [0, 0.1) is 13.8 Å². The molecular formula is C48H33N3S. The maximum absolute atomic E-state index is 5.10. The van der Waals surface area contributed by atoms with Gasteiger partial charge in [0, 0.05) is 42.4 Å². The van der Waals surface area contributed by atoms with E-state index in [4.69, 9.17) is 10.2 Å². The molecule has 0 saturated carbocycles. The first-order chi connectivity index (χ1) is 25.7. The molecule has 246 valence electrons. The summed E-state index contributed by atoms with van der Waals surface area (Å²) in [5.74, 6) is 0. The maximum atomic E-state index is 5.10. The van der Waals surface area contributed by atoms with Crippen molar-refractivity contribution in [3.05, 3.63) is 174 Å². The molecule has 9 aromatic rings. The average molecular weight is 684 g/mol. The highest BCUT2D eigenvalue weighted by Gasteiger charge is 2.33. The smallest absolute Gasteiger partial charge is 0.105 e. The van der Waals surface area contributed by atoms with E-state index in [-0.39, 0.29) is 0 Å². The minimum Gasteiger partial charge on any atom is -0.135 e. The van der Waals surface area contributed by atoms with Crippen molar-refractivity contribution in [1.82, 2.24) is 15.4 Å². The van der Waals surface area contributed by atoms with E-state index in [2.05, 4.69) is 171 Å². The molecule has 3 nitrogen and oxygen atoms in total. The highest BCUT2D eigenvalue weighted by Crippen LogP contribution is 2.54. The van der Waals surface area contributed by atoms with E-state index < -0.39 is 0 Å². The first kappa shape index (κ1) is 30.6. The van der Waals surface area contributed by atoms with Gasteiger partial charge in [-0.1, -0.05) is 140 Å².